The fraction of sp³-hybridized carbons (Fsp3) is 0.381. The predicted molar refractivity (Wildman–Crippen MR) is 111 cm³/mol. The van der Waals surface area contributed by atoms with Crippen molar-refractivity contribution in [2.24, 2.45) is 0 Å². The van der Waals surface area contributed by atoms with E-state index in [1.165, 1.54) is 11.8 Å². The third kappa shape index (κ3) is 4.27. The SMILES string of the molecule is COc1ccc(C2Sc3cc(OC)ccc3N(CCN(C)C)C(=O)C2O)cc1. The van der Waals surface area contributed by atoms with Gasteiger partial charge in [-0.05, 0) is 50.0 Å². The first-order chi connectivity index (χ1) is 13.4. The molecule has 0 bridgehead atoms. The van der Waals surface area contributed by atoms with Gasteiger partial charge in [0.25, 0.3) is 5.91 Å². The summed E-state index contributed by atoms with van der Waals surface area (Å²) < 4.78 is 10.6. The zero-order chi connectivity index (χ0) is 20.3. The highest BCUT2D eigenvalue weighted by molar-refractivity contribution is 7.99. The van der Waals surface area contributed by atoms with E-state index in [1.54, 1.807) is 19.1 Å². The molecule has 2 atom stereocenters. The molecule has 1 heterocycles. The molecule has 3 rings (SSSR count). The number of fused-ring (bicyclic) bond motifs is 1. The minimum absolute atomic E-state index is 0.293. The van der Waals surface area contributed by atoms with Crippen LogP contribution in [0.2, 0.25) is 0 Å². The van der Waals surface area contributed by atoms with Gasteiger partial charge in [0.05, 0.1) is 25.2 Å². The summed E-state index contributed by atoms with van der Waals surface area (Å²) in [6.07, 6.45) is -1.15. The van der Waals surface area contributed by atoms with Crippen LogP contribution in [0.15, 0.2) is 47.4 Å². The number of benzene rings is 2. The van der Waals surface area contributed by atoms with E-state index in [4.69, 9.17) is 9.47 Å². The highest BCUT2D eigenvalue weighted by Crippen LogP contribution is 2.47. The smallest absolute Gasteiger partial charge is 0.257 e. The number of thioether (sulfide) groups is 1. The van der Waals surface area contributed by atoms with Gasteiger partial charge in [0.1, 0.15) is 17.6 Å². The number of likely N-dealkylation sites (N-methyl/N-ethyl adjacent to an activating group) is 1. The summed E-state index contributed by atoms with van der Waals surface area (Å²) in [5.41, 5.74) is 1.67. The first kappa shape index (κ1) is 20.5. The van der Waals surface area contributed by atoms with Crippen molar-refractivity contribution in [3.8, 4) is 11.5 Å². The van der Waals surface area contributed by atoms with Crippen LogP contribution >= 0.6 is 11.8 Å². The summed E-state index contributed by atoms with van der Waals surface area (Å²) in [7, 11) is 7.15. The van der Waals surface area contributed by atoms with Gasteiger partial charge in [0, 0.05) is 18.0 Å². The van der Waals surface area contributed by atoms with Crippen LogP contribution in [0.5, 0.6) is 11.5 Å². The van der Waals surface area contributed by atoms with Crippen LogP contribution in [0.1, 0.15) is 10.8 Å². The fourth-order valence-electron chi connectivity index (χ4n) is 3.12. The van der Waals surface area contributed by atoms with E-state index >= 15 is 0 Å². The summed E-state index contributed by atoms with van der Waals surface area (Å²) in [6, 6.07) is 13.1. The molecule has 1 aliphatic heterocycles. The topological polar surface area (TPSA) is 62.2 Å². The first-order valence-electron chi connectivity index (χ1n) is 9.07. The van der Waals surface area contributed by atoms with Gasteiger partial charge >= 0.3 is 0 Å². The van der Waals surface area contributed by atoms with Gasteiger partial charge < -0.3 is 24.4 Å². The van der Waals surface area contributed by atoms with Gasteiger partial charge in [-0.1, -0.05) is 12.1 Å². The fourth-order valence-corrected chi connectivity index (χ4v) is 4.42. The molecule has 2 aromatic carbocycles. The van der Waals surface area contributed by atoms with E-state index < -0.39 is 11.4 Å². The number of amides is 1. The van der Waals surface area contributed by atoms with Gasteiger partial charge in [-0.3, -0.25) is 4.79 Å². The maximum Gasteiger partial charge on any atom is 0.257 e. The molecule has 1 amide bonds. The largest absolute Gasteiger partial charge is 0.497 e. The molecule has 0 aliphatic carbocycles. The standard InChI is InChI=1S/C21H26N2O4S/c1-22(2)11-12-23-17-10-9-16(27-4)13-18(17)28-20(19(24)21(23)25)14-5-7-15(26-3)8-6-14/h5-10,13,19-20,24H,11-12H2,1-4H3. The van der Waals surface area contributed by atoms with Crippen molar-refractivity contribution >= 4 is 23.4 Å². The van der Waals surface area contributed by atoms with E-state index in [0.717, 1.165) is 27.6 Å². The molecule has 28 heavy (non-hydrogen) atoms. The van der Waals surface area contributed by atoms with E-state index in [1.807, 2.05) is 61.5 Å². The second kappa shape index (κ2) is 8.86. The second-order valence-electron chi connectivity index (χ2n) is 6.88. The summed E-state index contributed by atoms with van der Waals surface area (Å²) in [5, 5.41) is 10.5. The lowest BCUT2D eigenvalue weighted by Gasteiger charge is -2.26. The maximum absolute atomic E-state index is 13.2. The molecule has 7 heteroatoms. The molecule has 0 fully saturated rings. The Hall–Kier alpha value is -2.22. The van der Waals surface area contributed by atoms with Gasteiger partial charge in [0.2, 0.25) is 0 Å². The van der Waals surface area contributed by atoms with E-state index in [-0.39, 0.29) is 5.91 Å². The molecule has 0 saturated carbocycles. The predicted octanol–water partition coefficient (Wildman–Crippen LogP) is 2.81. The molecule has 2 aromatic rings. The van der Waals surface area contributed by atoms with Gasteiger partial charge in [0.15, 0.2) is 0 Å². The molecule has 0 aromatic heterocycles. The number of ether oxygens (including phenoxy) is 2. The number of aliphatic hydroxyl groups is 1. The molecule has 2 unspecified atom stereocenters. The maximum atomic E-state index is 13.2. The Bertz CT molecular complexity index is 826. The van der Waals surface area contributed by atoms with E-state index in [2.05, 4.69) is 0 Å². The van der Waals surface area contributed by atoms with Crippen LogP contribution in [0, 0.1) is 0 Å². The molecule has 0 radical (unpaired) electrons. The number of rotatable bonds is 6. The average Bonchev–Trinajstić information content (AvgIpc) is 2.81. The van der Waals surface area contributed by atoms with Crippen molar-refractivity contribution in [1.29, 1.82) is 0 Å². The van der Waals surface area contributed by atoms with Crippen molar-refractivity contribution in [3.05, 3.63) is 48.0 Å². The van der Waals surface area contributed by atoms with Crippen LogP contribution < -0.4 is 14.4 Å². The van der Waals surface area contributed by atoms with Crippen LogP contribution in [-0.2, 0) is 4.79 Å². The highest BCUT2D eigenvalue weighted by Gasteiger charge is 2.37. The molecule has 150 valence electrons. The molecule has 0 spiro atoms. The van der Waals surface area contributed by atoms with Crippen LogP contribution in [0.3, 0.4) is 0 Å². The third-order valence-corrected chi connectivity index (χ3v) is 6.10. The summed E-state index contributed by atoms with van der Waals surface area (Å²) in [4.78, 5) is 17.8. The zero-order valence-corrected chi connectivity index (χ0v) is 17.4. The second-order valence-corrected chi connectivity index (χ2v) is 8.07. The molecule has 1 N–H and O–H groups in total. The molecule has 1 aliphatic rings. The Morgan fingerprint density at radius 1 is 1.07 bits per heavy atom. The Balaban J connectivity index is 2.02. The van der Waals surface area contributed by atoms with E-state index in [0.29, 0.717) is 13.1 Å². The van der Waals surface area contributed by atoms with Crippen molar-refractivity contribution in [2.45, 2.75) is 16.2 Å². The number of aliphatic hydroxyl groups excluding tert-OH is 1. The molecular weight excluding hydrogens is 376 g/mol. The zero-order valence-electron chi connectivity index (χ0n) is 16.6. The minimum Gasteiger partial charge on any atom is -0.497 e. The van der Waals surface area contributed by atoms with Crippen molar-refractivity contribution < 1.29 is 19.4 Å². The van der Waals surface area contributed by atoms with Gasteiger partial charge in [-0.25, -0.2) is 0 Å². The molecule has 0 saturated heterocycles. The number of hydrogen-bond donors (Lipinski definition) is 1. The average molecular weight is 403 g/mol. The van der Waals surface area contributed by atoms with E-state index in [9.17, 15) is 9.90 Å². The van der Waals surface area contributed by atoms with Crippen molar-refractivity contribution in [2.75, 3.05) is 46.3 Å². The quantitative estimate of drug-likeness (QED) is 0.802. The highest BCUT2D eigenvalue weighted by atomic mass is 32.2. The summed E-state index contributed by atoms with van der Waals surface area (Å²) in [6.45, 7) is 1.19. The number of carbonyl (C=O) groups excluding carboxylic acids is 1. The van der Waals surface area contributed by atoms with Gasteiger partial charge in [-0.15, -0.1) is 11.8 Å². The molecule has 6 nitrogen and oxygen atoms in total. The van der Waals surface area contributed by atoms with Gasteiger partial charge in [-0.2, -0.15) is 0 Å². The summed E-state index contributed by atoms with van der Waals surface area (Å²) >= 11 is 1.48. The normalized spacial score (nSPS) is 19.4. The third-order valence-electron chi connectivity index (χ3n) is 4.73. The van der Waals surface area contributed by atoms with Crippen LogP contribution in [-0.4, -0.2) is 63.4 Å². The van der Waals surface area contributed by atoms with Crippen LogP contribution in [0.4, 0.5) is 5.69 Å². The lowest BCUT2D eigenvalue weighted by molar-refractivity contribution is -0.126. The Kier molecular flexibility index (Phi) is 6.49. The minimum atomic E-state index is -1.15. The first-order valence-corrected chi connectivity index (χ1v) is 9.95. The number of anilines is 1. The Labute approximate surface area is 170 Å². The van der Waals surface area contributed by atoms with Crippen molar-refractivity contribution in [1.82, 2.24) is 4.90 Å². The summed E-state index contributed by atoms with van der Waals surface area (Å²) in [5.74, 6) is 1.16. The van der Waals surface area contributed by atoms with Crippen LogP contribution in [0.25, 0.3) is 0 Å². The molecular formula is C21H26N2O4S. The lowest BCUT2D eigenvalue weighted by Crippen LogP contribution is -2.43. The Morgan fingerprint density at radius 3 is 2.32 bits per heavy atom. The lowest BCUT2D eigenvalue weighted by atomic mass is 10.1. The number of nitrogens with zero attached hydrogens (tertiary/aromatic N) is 2. The Morgan fingerprint density at radius 2 is 1.71 bits per heavy atom. The monoisotopic (exact) mass is 402 g/mol. The number of hydrogen-bond acceptors (Lipinski definition) is 6. The van der Waals surface area contributed by atoms with Crippen molar-refractivity contribution in [3.63, 3.8) is 0 Å². The number of methoxy groups -OCH3 is 2. The number of carbonyl (C=O) groups is 1.